The fourth-order valence-corrected chi connectivity index (χ4v) is 5.08. The molecule has 1 fully saturated rings. The summed E-state index contributed by atoms with van der Waals surface area (Å²) in [6.45, 7) is 2.97. The first-order valence-corrected chi connectivity index (χ1v) is 11.7. The van der Waals surface area contributed by atoms with E-state index >= 15 is 0 Å². The lowest BCUT2D eigenvalue weighted by molar-refractivity contribution is -0.148. The number of carbonyl (C=O) groups excluding carboxylic acids is 2. The van der Waals surface area contributed by atoms with Crippen molar-refractivity contribution in [1.82, 2.24) is 10.2 Å². The van der Waals surface area contributed by atoms with Gasteiger partial charge in [0, 0.05) is 31.6 Å². The van der Waals surface area contributed by atoms with Crippen molar-refractivity contribution >= 4 is 18.0 Å². The highest BCUT2D eigenvalue weighted by Crippen LogP contribution is 2.44. The van der Waals surface area contributed by atoms with E-state index in [4.69, 9.17) is 4.74 Å². The largest absolute Gasteiger partial charge is 0.481 e. The van der Waals surface area contributed by atoms with Crippen LogP contribution in [0.2, 0.25) is 0 Å². The van der Waals surface area contributed by atoms with Crippen LogP contribution in [0.4, 0.5) is 4.79 Å². The summed E-state index contributed by atoms with van der Waals surface area (Å²) in [6.07, 6.45) is 4.17. The minimum Gasteiger partial charge on any atom is -0.481 e. The minimum atomic E-state index is -0.849. The van der Waals surface area contributed by atoms with Gasteiger partial charge in [-0.05, 0) is 35.1 Å². The highest BCUT2D eigenvalue weighted by Gasteiger charge is 2.45. The predicted molar refractivity (Wildman–Crippen MR) is 128 cm³/mol. The second-order valence-electron chi connectivity index (χ2n) is 8.95. The number of hydrogen-bond acceptors (Lipinski definition) is 4. The fourth-order valence-electron chi connectivity index (χ4n) is 5.08. The Morgan fingerprint density at radius 1 is 1.12 bits per heavy atom. The molecular weight excluding hydrogens is 432 g/mol. The monoisotopic (exact) mass is 462 g/mol. The van der Waals surface area contributed by atoms with E-state index in [1.165, 1.54) is 17.2 Å². The Labute approximate surface area is 199 Å². The Balaban J connectivity index is 1.25. The molecule has 0 radical (unpaired) electrons. The number of benzene rings is 2. The van der Waals surface area contributed by atoms with Gasteiger partial charge in [0.2, 0.25) is 5.91 Å². The van der Waals surface area contributed by atoms with Crippen molar-refractivity contribution in [1.29, 1.82) is 0 Å². The molecule has 2 amide bonds. The number of aliphatic carboxylic acids is 1. The lowest BCUT2D eigenvalue weighted by atomic mass is 9.83. The van der Waals surface area contributed by atoms with Gasteiger partial charge in [-0.2, -0.15) is 0 Å². The van der Waals surface area contributed by atoms with E-state index in [-0.39, 0.29) is 31.5 Å². The third-order valence-electron chi connectivity index (χ3n) is 6.82. The molecule has 2 aliphatic rings. The quantitative estimate of drug-likeness (QED) is 0.574. The topological polar surface area (TPSA) is 95.9 Å². The number of fused-ring (bicyclic) bond motifs is 3. The molecule has 0 saturated carbocycles. The molecule has 4 rings (SSSR count). The lowest BCUT2D eigenvalue weighted by Crippen LogP contribution is -2.36. The van der Waals surface area contributed by atoms with Crippen molar-refractivity contribution in [3.8, 4) is 11.1 Å². The number of alkyl carbamates (subject to hydrolysis) is 1. The Hall–Kier alpha value is -3.61. The van der Waals surface area contributed by atoms with Gasteiger partial charge in [-0.15, -0.1) is 0 Å². The molecule has 0 bridgehead atoms. The van der Waals surface area contributed by atoms with Gasteiger partial charge in [-0.1, -0.05) is 68.0 Å². The fraction of sp³-hybridized carbons (Fsp3) is 0.370. The SMILES string of the molecule is CCCC1(C(=O)O)CCN(C(=O)/C=C/CNC(=O)OCC2c3ccccc3-c3ccccc32)C1. The molecule has 0 aromatic heterocycles. The number of rotatable bonds is 8. The van der Waals surface area contributed by atoms with Crippen LogP contribution in [-0.4, -0.2) is 54.2 Å². The smallest absolute Gasteiger partial charge is 0.407 e. The molecule has 1 saturated heterocycles. The zero-order valence-electron chi connectivity index (χ0n) is 19.3. The predicted octanol–water partition coefficient (Wildman–Crippen LogP) is 4.18. The molecular formula is C27H30N2O5. The minimum absolute atomic E-state index is 0.0111. The first-order chi connectivity index (χ1) is 16.4. The van der Waals surface area contributed by atoms with E-state index in [1.807, 2.05) is 31.2 Å². The van der Waals surface area contributed by atoms with E-state index < -0.39 is 17.5 Å². The molecule has 34 heavy (non-hydrogen) atoms. The second kappa shape index (κ2) is 10.1. The molecule has 0 spiro atoms. The number of carboxylic acid groups (broad SMARTS) is 1. The van der Waals surface area contributed by atoms with E-state index in [1.54, 1.807) is 11.0 Å². The van der Waals surface area contributed by atoms with Crippen LogP contribution in [0.3, 0.4) is 0 Å². The van der Waals surface area contributed by atoms with Gasteiger partial charge in [0.15, 0.2) is 0 Å². The first-order valence-electron chi connectivity index (χ1n) is 11.7. The van der Waals surface area contributed by atoms with Crippen molar-refractivity contribution in [3.05, 3.63) is 71.8 Å². The summed E-state index contributed by atoms with van der Waals surface area (Å²) in [5.74, 6) is -1.10. The number of nitrogens with zero attached hydrogens (tertiary/aromatic N) is 1. The zero-order valence-corrected chi connectivity index (χ0v) is 19.3. The van der Waals surface area contributed by atoms with E-state index in [0.717, 1.165) is 17.5 Å². The van der Waals surface area contributed by atoms with Crippen LogP contribution in [0.5, 0.6) is 0 Å². The van der Waals surface area contributed by atoms with Gasteiger partial charge in [0.1, 0.15) is 6.61 Å². The molecule has 1 heterocycles. The van der Waals surface area contributed by atoms with Gasteiger partial charge in [-0.25, -0.2) is 4.79 Å². The van der Waals surface area contributed by atoms with Gasteiger partial charge < -0.3 is 20.1 Å². The number of carbonyl (C=O) groups is 3. The van der Waals surface area contributed by atoms with Crippen LogP contribution in [0.1, 0.15) is 43.2 Å². The van der Waals surface area contributed by atoms with Crippen LogP contribution >= 0.6 is 0 Å². The van der Waals surface area contributed by atoms with E-state index in [9.17, 15) is 19.5 Å². The summed E-state index contributed by atoms with van der Waals surface area (Å²) < 4.78 is 5.48. The molecule has 2 aromatic carbocycles. The molecule has 1 atom stereocenters. The summed E-state index contributed by atoms with van der Waals surface area (Å²) in [7, 11) is 0. The molecule has 1 aliphatic carbocycles. The number of likely N-dealkylation sites (tertiary alicyclic amines) is 1. The average molecular weight is 463 g/mol. The summed E-state index contributed by atoms with van der Waals surface area (Å²) in [5.41, 5.74) is 3.78. The third-order valence-corrected chi connectivity index (χ3v) is 6.82. The van der Waals surface area contributed by atoms with E-state index in [2.05, 4.69) is 29.6 Å². The number of nitrogens with one attached hydrogen (secondary N) is 1. The second-order valence-corrected chi connectivity index (χ2v) is 8.95. The Kier molecular flexibility index (Phi) is 7.01. The Morgan fingerprint density at radius 2 is 1.76 bits per heavy atom. The van der Waals surface area contributed by atoms with Crippen molar-refractivity contribution in [2.45, 2.75) is 32.1 Å². The van der Waals surface area contributed by atoms with Gasteiger partial charge in [-0.3, -0.25) is 9.59 Å². The highest BCUT2D eigenvalue weighted by atomic mass is 16.5. The van der Waals surface area contributed by atoms with Crippen molar-refractivity contribution in [3.63, 3.8) is 0 Å². The number of carboxylic acids is 1. The third kappa shape index (κ3) is 4.69. The maximum Gasteiger partial charge on any atom is 0.407 e. The molecule has 1 unspecified atom stereocenters. The Morgan fingerprint density at radius 3 is 2.38 bits per heavy atom. The maximum absolute atomic E-state index is 12.4. The summed E-state index contributed by atoms with van der Waals surface area (Å²) >= 11 is 0. The van der Waals surface area contributed by atoms with Crippen LogP contribution in [0.15, 0.2) is 60.7 Å². The lowest BCUT2D eigenvalue weighted by Gasteiger charge is -2.23. The van der Waals surface area contributed by atoms with Crippen molar-refractivity contribution in [2.75, 3.05) is 26.2 Å². The highest BCUT2D eigenvalue weighted by molar-refractivity contribution is 5.89. The summed E-state index contributed by atoms with van der Waals surface area (Å²) in [6, 6.07) is 16.3. The van der Waals surface area contributed by atoms with E-state index in [0.29, 0.717) is 19.4 Å². The zero-order chi connectivity index (χ0) is 24.1. The number of amides is 2. The molecule has 178 valence electrons. The Bertz CT molecular complexity index is 1070. The first kappa shape index (κ1) is 23.5. The standard InChI is InChI=1S/C27H30N2O5/c1-2-13-27(25(31)32)14-16-29(18-27)24(30)12-7-15-28-26(33)34-17-23-21-10-5-3-8-19(21)20-9-4-6-11-22(20)23/h3-12,23H,2,13-18H2,1H3,(H,28,33)(H,31,32)/b12-7+. The summed E-state index contributed by atoms with van der Waals surface area (Å²) in [5, 5.41) is 12.2. The van der Waals surface area contributed by atoms with Crippen LogP contribution in [0, 0.1) is 5.41 Å². The molecule has 2 aromatic rings. The van der Waals surface area contributed by atoms with Gasteiger partial charge in [0.25, 0.3) is 0 Å². The van der Waals surface area contributed by atoms with Gasteiger partial charge >= 0.3 is 12.1 Å². The van der Waals surface area contributed by atoms with Crippen LogP contribution in [0.25, 0.3) is 11.1 Å². The van der Waals surface area contributed by atoms with Crippen LogP contribution < -0.4 is 5.32 Å². The summed E-state index contributed by atoms with van der Waals surface area (Å²) in [4.78, 5) is 37.9. The molecule has 2 N–H and O–H groups in total. The molecule has 7 nitrogen and oxygen atoms in total. The number of ether oxygens (including phenoxy) is 1. The van der Waals surface area contributed by atoms with Crippen LogP contribution in [-0.2, 0) is 14.3 Å². The molecule has 1 aliphatic heterocycles. The maximum atomic E-state index is 12.4. The average Bonchev–Trinajstić information content (AvgIpc) is 3.41. The van der Waals surface area contributed by atoms with Gasteiger partial charge in [0.05, 0.1) is 5.41 Å². The normalized spacial score (nSPS) is 19.1. The molecule has 7 heteroatoms. The number of hydrogen-bond donors (Lipinski definition) is 2. The van der Waals surface area contributed by atoms with Crippen molar-refractivity contribution < 1.29 is 24.2 Å². The van der Waals surface area contributed by atoms with Crippen molar-refractivity contribution in [2.24, 2.45) is 5.41 Å².